The summed E-state index contributed by atoms with van der Waals surface area (Å²) in [7, 11) is 0. The quantitative estimate of drug-likeness (QED) is 0.638. The van der Waals surface area contributed by atoms with Crippen LogP contribution in [0.3, 0.4) is 0 Å². The van der Waals surface area contributed by atoms with E-state index in [1.165, 1.54) is 0 Å². The van der Waals surface area contributed by atoms with Crippen molar-refractivity contribution in [2.75, 3.05) is 26.2 Å². The van der Waals surface area contributed by atoms with Gasteiger partial charge in [0.25, 0.3) is 0 Å². The second kappa shape index (κ2) is 4.21. The molecule has 0 spiro atoms. The Morgan fingerprint density at radius 3 is 2.92 bits per heavy atom. The summed E-state index contributed by atoms with van der Waals surface area (Å²) >= 11 is 0. The van der Waals surface area contributed by atoms with E-state index in [-0.39, 0.29) is 0 Å². The number of piperidine rings is 1. The lowest BCUT2D eigenvalue weighted by molar-refractivity contribution is -0.0230. The first kappa shape index (κ1) is 9.96. The lowest BCUT2D eigenvalue weighted by atomic mass is 9.93. The fourth-order valence-electron chi connectivity index (χ4n) is 1.88. The molecule has 0 aromatic carbocycles. The molecule has 0 aliphatic carbocycles. The van der Waals surface area contributed by atoms with Crippen LogP contribution < -0.4 is 5.73 Å². The molecule has 3 heteroatoms. The summed E-state index contributed by atoms with van der Waals surface area (Å²) in [6.45, 7) is 5.53. The summed E-state index contributed by atoms with van der Waals surface area (Å²) in [5.74, 6) is 0. The largest absolute Gasteiger partial charge is 0.387 e. The molecule has 0 saturated carbocycles. The second-order valence-electron chi connectivity index (χ2n) is 3.81. The Balaban J connectivity index is 2.39. The van der Waals surface area contributed by atoms with Crippen LogP contribution in [-0.4, -0.2) is 41.8 Å². The Hall–Kier alpha value is -0.120. The van der Waals surface area contributed by atoms with Gasteiger partial charge in [-0.15, -0.1) is 0 Å². The predicted octanol–water partition coefficient (Wildman–Crippen LogP) is 0.182. The summed E-state index contributed by atoms with van der Waals surface area (Å²) in [5.41, 5.74) is 4.92. The van der Waals surface area contributed by atoms with Gasteiger partial charge in [0.05, 0.1) is 5.60 Å². The average molecular weight is 172 g/mol. The highest BCUT2D eigenvalue weighted by atomic mass is 16.3. The molecular weight excluding hydrogens is 152 g/mol. The van der Waals surface area contributed by atoms with Gasteiger partial charge >= 0.3 is 0 Å². The van der Waals surface area contributed by atoms with Gasteiger partial charge in [-0.2, -0.15) is 0 Å². The Morgan fingerprint density at radius 1 is 1.58 bits per heavy atom. The SMILES string of the molecule is CCCN1CCCC(O)(CN)C1. The molecule has 1 atom stereocenters. The summed E-state index contributed by atoms with van der Waals surface area (Å²) < 4.78 is 0. The van der Waals surface area contributed by atoms with E-state index in [2.05, 4.69) is 11.8 Å². The summed E-state index contributed by atoms with van der Waals surface area (Å²) in [4.78, 5) is 2.30. The molecule has 3 N–H and O–H groups in total. The van der Waals surface area contributed by atoms with E-state index in [1.807, 2.05) is 0 Å². The first-order chi connectivity index (χ1) is 5.70. The number of hydrogen-bond donors (Lipinski definition) is 2. The topological polar surface area (TPSA) is 49.5 Å². The smallest absolute Gasteiger partial charge is 0.0895 e. The van der Waals surface area contributed by atoms with E-state index in [4.69, 9.17) is 5.73 Å². The number of hydrogen-bond acceptors (Lipinski definition) is 3. The molecule has 1 aliphatic rings. The van der Waals surface area contributed by atoms with E-state index in [0.717, 1.165) is 38.9 Å². The molecular formula is C9H20N2O. The zero-order valence-corrected chi connectivity index (χ0v) is 7.92. The van der Waals surface area contributed by atoms with Crippen LogP contribution in [-0.2, 0) is 0 Å². The third-order valence-electron chi connectivity index (χ3n) is 2.55. The number of likely N-dealkylation sites (tertiary alicyclic amines) is 1. The van der Waals surface area contributed by atoms with Gasteiger partial charge in [-0.05, 0) is 32.4 Å². The Morgan fingerprint density at radius 2 is 2.33 bits per heavy atom. The first-order valence-electron chi connectivity index (χ1n) is 4.85. The van der Waals surface area contributed by atoms with Gasteiger partial charge < -0.3 is 15.7 Å². The standard InChI is InChI=1S/C9H20N2O/c1-2-5-11-6-3-4-9(12,7-10)8-11/h12H,2-8,10H2,1H3. The first-order valence-corrected chi connectivity index (χ1v) is 4.85. The molecule has 1 heterocycles. The zero-order chi connectivity index (χ0) is 9.03. The van der Waals surface area contributed by atoms with E-state index < -0.39 is 5.60 Å². The van der Waals surface area contributed by atoms with Crippen molar-refractivity contribution in [3.8, 4) is 0 Å². The van der Waals surface area contributed by atoms with Gasteiger partial charge in [0, 0.05) is 13.1 Å². The Labute approximate surface area is 74.5 Å². The van der Waals surface area contributed by atoms with E-state index >= 15 is 0 Å². The van der Waals surface area contributed by atoms with Crippen LogP contribution in [0.25, 0.3) is 0 Å². The van der Waals surface area contributed by atoms with Crippen LogP contribution in [0.15, 0.2) is 0 Å². The van der Waals surface area contributed by atoms with Crippen molar-refractivity contribution in [2.45, 2.75) is 31.8 Å². The molecule has 3 nitrogen and oxygen atoms in total. The predicted molar refractivity (Wildman–Crippen MR) is 50.0 cm³/mol. The van der Waals surface area contributed by atoms with Crippen LogP contribution in [0.5, 0.6) is 0 Å². The Bertz CT molecular complexity index is 138. The third kappa shape index (κ3) is 2.44. The summed E-state index contributed by atoms with van der Waals surface area (Å²) in [6, 6.07) is 0. The van der Waals surface area contributed by atoms with Gasteiger partial charge in [0.1, 0.15) is 0 Å². The van der Waals surface area contributed by atoms with Gasteiger partial charge in [-0.25, -0.2) is 0 Å². The molecule has 0 bridgehead atoms. The highest BCUT2D eigenvalue weighted by Gasteiger charge is 2.30. The summed E-state index contributed by atoms with van der Waals surface area (Å²) in [6.07, 6.45) is 3.10. The maximum atomic E-state index is 9.91. The van der Waals surface area contributed by atoms with Gasteiger partial charge in [-0.1, -0.05) is 6.92 Å². The van der Waals surface area contributed by atoms with Crippen molar-refractivity contribution in [3.63, 3.8) is 0 Å². The van der Waals surface area contributed by atoms with Crippen molar-refractivity contribution < 1.29 is 5.11 Å². The normalized spacial score (nSPS) is 32.2. The molecule has 0 amide bonds. The van der Waals surface area contributed by atoms with Crippen molar-refractivity contribution >= 4 is 0 Å². The maximum absolute atomic E-state index is 9.91. The zero-order valence-electron chi connectivity index (χ0n) is 7.92. The van der Waals surface area contributed by atoms with Gasteiger partial charge in [-0.3, -0.25) is 0 Å². The highest BCUT2D eigenvalue weighted by Crippen LogP contribution is 2.19. The Kier molecular flexibility index (Phi) is 3.50. The van der Waals surface area contributed by atoms with Crippen molar-refractivity contribution in [2.24, 2.45) is 5.73 Å². The van der Waals surface area contributed by atoms with Crippen molar-refractivity contribution in [3.05, 3.63) is 0 Å². The van der Waals surface area contributed by atoms with Crippen LogP contribution in [0.2, 0.25) is 0 Å². The van der Waals surface area contributed by atoms with Crippen LogP contribution in [0, 0.1) is 0 Å². The van der Waals surface area contributed by atoms with E-state index in [1.54, 1.807) is 0 Å². The van der Waals surface area contributed by atoms with E-state index in [0.29, 0.717) is 6.54 Å². The molecule has 1 rings (SSSR count). The van der Waals surface area contributed by atoms with E-state index in [9.17, 15) is 5.11 Å². The van der Waals surface area contributed by atoms with Gasteiger partial charge in [0.15, 0.2) is 0 Å². The lowest BCUT2D eigenvalue weighted by Gasteiger charge is -2.38. The van der Waals surface area contributed by atoms with Crippen LogP contribution in [0.4, 0.5) is 0 Å². The fourth-order valence-corrected chi connectivity index (χ4v) is 1.88. The number of nitrogens with two attached hydrogens (primary N) is 1. The molecule has 0 aromatic rings. The molecule has 12 heavy (non-hydrogen) atoms. The lowest BCUT2D eigenvalue weighted by Crippen LogP contribution is -2.52. The number of rotatable bonds is 3. The summed E-state index contributed by atoms with van der Waals surface area (Å²) in [5, 5.41) is 9.91. The number of nitrogens with zero attached hydrogens (tertiary/aromatic N) is 1. The van der Waals surface area contributed by atoms with Gasteiger partial charge in [0.2, 0.25) is 0 Å². The molecule has 1 fully saturated rings. The number of aliphatic hydroxyl groups is 1. The average Bonchev–Trinajstić information content (AvgIpc) is 2.05. The molecule has 1 saturated heterocycles. The minimum atomic E-state index is -0.604. The molecule has 0 aromatic heterocycles. The molecule has 72 valence electrons. The monoisotopic (exact) mass is 172 g/mol. The fraction of sp³-hybridized carbons (Fsp3) is 1.00. The van der Waals surface area contributed by atoms with Crippen LogP contribution >= 0.6 is 0 Å². The van der Waals surface area contributed by atoms with Crippen LogP contribution in [0.1, 0.15) is 26.2 Å². The molecule has 1 aliphatic heterocycles. The van der Waals surface area contributed by atoms with Crippen molar-refractivity contribution in [1.29, 1.82) is 0 Å². The minimum absolute atomic E-state index is 0.396. The third-order valence-corrected chi connectivity index (χ3v) is 2.55. The molecule has 0 radical (unpaired) electrons. The minimum Gasteiger partial charge on any atom is -0.387 e. The maximum Gasteiger partial charge on any atom is 0.0895 e. The molecule has 1 unspecified atom stereocenters. The van der Waals surface area contributed by atoms with Crippen molar-refractivity contribution in [1.82, 2.24) is 4.90 Å². The second-order valence-corrected chi connectivity index (χ2v) is 3.81. The highest BCUT2D eigenvalue weighted by molar-refractivity contribution is 4.87. The number of β-amino-alcohol motifs (C(OH)–C–C–N with tert-alkyl or cyclic N) is 1.